The molecule has 1 aliphatic heterocycles. The minimum absolute atomic E-state index is 0.371. The van der Waals surface area contributed by atoms with E-state index >= 15 is 0 Å². The summed E-state index contributed by atoms with van der Waals surface area (Å²) in [6, 6.07) is 0.852. The maximum absolute atomic E-state index is 13.6. The molecular weight excluding hydrogens is 276 g/mol. The van der Waals surface area contributed by atoms with Crippen molar-refractivity contribution in [3.05, 3.63) is 39.4 Å². The number of ether oxygens (including phenoxy) is 2. The summed E-state index contributed by atoms with van der Waals surface area (Å²) in [5.41, 5.74) is -1.68. The lowest BCUT2D eigenvalue weighted by Gasteiger charge is -2.22. The molecule has 0 atom stereocenters. The minimum atomic E-state index is -1.28. The molecule has 1 heterocycles. The Morgan fingerprint density at radius 3 is 2.55 bits per heavy atom. The van der Waals surface area contributed by atoms with Gasteiger partial charge in [-0.2, -0.15) is 4.39 Å². The lowest BCUT2D eigenvalue weighted by atomic mass is 10.1. The zero-order valence-corrected chi connectivity index (χ0v) is 10.3. The van der Waals surface area contributed by atoms with E-state index in [1.807, 2.05) is 0 Å². The summed E-state index contributed by atoms with van der Waals surface area (Å²) in [7, 11) is 0. The number of carbonyl (C=O) groups is 1. The van der Waals surface area contributed by atoms with Crippen LogP contribution in [0.5, 0.6) is 0 Å². The number of esters is 1. The highest BCUT2D eigenvalue weighted by molar-refractivity contribution is 5.90. The van der Waals surface area contributed by atoms with Crippen molar-refractivity contribution in [2.24, 2.45) is 0 Å². The van der Waals surface area contributed by atoms with Crippen LogP contribution in [0.3, 0.4) is 0 Å². The molecule has 0 amide bonds. The Kier molecular flexibility index (Phi) is 4.23. The Balaban J connectivity index is 2.17. The van der Waals surface area contributed by atoms with Gasteiger partial charge in [-0.3, -0.25) is 10.1 Å². The highest BCUT2D eigenvalue weighted by Gasteiger charge is 2.25. The van der Waals surface area contributed by atoms with Gasteiger partial charge in [0.2, 0.25) is 5.82 Å². The van der Waals surface area contributed by atoms with Crippen LogP contribution in [0.15, 0.2) is 12.1 Å². The number of halogens is 2. The van der Waals surface area contributed by atoms with Gasteiger partial charge in [-0.05, 0) is 6.07 Å². The normalized spacial score (nSPS) is 15.9. The number of benzene rings is 1. The highest BCUT2D eigenvalue weighted by atomic mass is 19.1. The predicted octanol–water partition coefficient (Wildman–Crippen LogP) is 2.21. The van der Waals surface area contributed by atoms with Crippen molar-refractivity contribution >= 4 is 11.7 Å². The number of hydrogen-bond acceptors (Lipinski definition) is 5. The first-order chi connectivity index (χ1) is 9.49. The number of rotatable bonds is 3. The van der Waals surface area contributed by atoms with Gasteiger partial charge in [0, 0.05) is 12.8 Å². The van der Waals surface area contributed by atoms with Crippen LogP contribution in [0.2, 0.25) is 0 Å². The average Bonchev–Trinajstić information content (AvgIpc) is 2.41. The number of nitro benzene ring substituents is 1. The van der Waals surface area contributed by atoms with Gasteiger partial charge in [-0.15, -0.1) is 0 Å². The average molecular weight is 287 g/mol. The van der Waals surface area contributed by atoms with Gasteiger partial charge in [0.15, 0.2) is 0 Å². The first kappa shape index (κ1) is 14.3. The van der Waals surface area contributed by atoms with Crippen LogP contribution >= 0.6 is 0 Å². The Hall–Kier alpha value is -2.09. The Bertz CT molecular complexity index is 543. The van der Waals surface area contributed by atoms with E-state index < -0.39 is 39.9 Å². The van der Waals surface area contributed by atoms with Gasteiger partial charge < -0.3 is 9.47 Å². The minimum Gasteiger partial charge on any atom is -0.459 e. The molecular formula is C12H11F2NO5. The van der Waals surface area contributed by atoms with Crippen molar-refractivity contribution in [3.63, 3.8) is 0 Å². The number of hydrogen-bond donors (Lipinski definition) is 0. The molecule has 0 saturated carbocycles. The van der Waals surface area contributed by atoms with Crippen molar-refractivity contribution < 1.29 is 28.0 Å². The quantitative estimate of drug-likeness (QED) is 0.484. The molecule has 0 bridgehead atoms. The topological polar surface area (TPSA) is 78.7 Å². The van der Waals surface area contributed by atoms with E-state index in [4.69, 9.17) is 9.47 Å². The molecule has 1 aliphatic rings. The van der Waals surface area contributed by atoms with Crippen LogP contribution in [-0.2, 0) is 9.47 Å². The zero-order valence-electron chi connectivity index (χ0n) is 10.3. The van der Waals surface area contributed by atoms with Crippen LogP contribution < -0.4 is 0 Å². The molecule has 1 aromatic rings. The van der Waals surface area contributed by atoms with Gasteiger partial charge in [-0.1, -0.05) is 0 Å². The fourth-order valence-electron chi connectivity index (χ4n) is 1.84. The third-order valence-electron chi connectivity index (χ3n) is 2.90. The highest BCUT2D eigenvalue weighted by Crippen LogP contribution is 2.23. The van der Waals surface area contributed by atoms with Crippen molar-refractivity contribution in [3.8, 4) is 0 Å². The molecule has 2 rings (SSSR count). The van der Waals surface area contributed by atoms with Crippen LogP contribution in [0.4, 0.5) is 14.5 Å². The third-order valence-corrected chi connectivity index (χ3v) is 2.90. The molecule has 108 valence electrons. The summed E-state index contributed by atoms with van der Waals surface area (Å²) in [5, 5.41) is 10.4. The van der Waals surface area contributed by atoms with Gasteiger partial charge in [-0.25, -0.2) is 9.18 Å². The second-order valence-corrected chi connectivity index (χ2v) is 4.26. The van der Waals surface area contributed by atoms with Crippen molar-refractivity contribution in [1.29, 1.82) is 0 Å². The fraction of sp³-hybridized carbons (Fsp3) is 0.417. The second kappa shape index (κ2) is 5.91. The van der Waals surface area contributed by atoms with E-state index in [2.05, 4.69) is 0 Å². The fourth-order valence-corrected chi connectivity index (χ4v) is 1.84. The molecule has 6 nitrogen and oxygen atoms in total. The molecule has 8 heteroatoms. The largest absolute Gasteiger partial charge is 0.459 e. The summed E-state index contributed by atoms with van der Waals surface area (Å²) in [4.78, 5) is 21.1. The molecule has 1 saturated heterocycles. The summed E-state index contributed by atoms with van der Waals surface area (Å²) < 4.78 is 37.1. The van der Waals surface area contributed by atoms with Crippen molar-refractivity contribution in [1.82, 2.24) is 0 Å². The van der Waals surface area contributed by atoms with Crippen molar-refractivity contribution in [2.75, 3.05) is 13.2 Å². The third kappa shape index (κ3) is 3.08. The standard InChI is InChI=1S/C12H11F2NO5/c13-9-6-11(15(17)18)10(14)5-8(9)12(16)20-7-1-3-19-4-2-7/h5-7H,1-4H2. The Labute approximate surface area is 112 Å². The predicted molar refractivity (Wildman–Crippen MR) is 62.3 cm³/mol. The van der Waals surface area contributed by atoms with Crippen LogP contribution in [-0.4, -0.2) is 30.2 Å². The molecule has 0 aliphatic carbocycles. The first-order valence-electron chi connectivity index (χ1n) is 5.91. The Morgan fingerprint density at radius 1 is 1.30 bits per heavy atom. The Morgan fingerprint density at radius 2 is 1.95 bits per heavy atom. The van der Waals surface area contributed by atoms with Gasteiger partial charge in [0.25, 0.3) is 0 Å². The van der Waals surface area contributed by atoms with E-state index in [0.717, 1.165) is 0 Å². The molecule has 0 radical (unpaired) electrons. The second-order valence-electron chi connectivity index (χ2n) is 4.26. The maximum Gasteiger partial charge on any atom is 0.341 e. The number of nitrogens with zero attached hydrogens (tertiary/aromatic N) is 1. The van der Waals surface area contributed by atoms with E-state index in [9.17, 15) is 23.7 Å². The van der Waals surface area contributed by atoms with E-state index in [-0.39, 0.29) is 0 Å². The van der Waals surface area contributed by atoms with Crippen LogP contribution in [0, 0.1) is 21.7 Å². The summed E-state index contributed by atoms with van der Waals surface area (Å²) in [5.74, 6) is -3.51. The summed E-state index contributed by atoms with van der Waals surface area (Å²) in [6.07, 6.45) is 0.528. The van der Waals surface area contributed by atoms with E-state index in [1.165, 1.54) is 0 Å². The van der Waals surface area contributed by atoms with E-state index in [1.54, 1.807) is 0 Å². The van der Waals surface area contributed by atoms with E-state index in [0.29, 0.717) is 38.2 Å². The number of nitro groups is 1. The van der Waals surface area contributed by atoms with Crippen LogP contribution in [0.25, 0.3) is 0 Å². The van der Waals surface area contributed by atoms with Gasteiger partial charge >= 0.3 is 11.7 Å². The maximum atomic E-state index is 13.6. The van der Waals surface area contributed by atoms with Gasteiger partial charge in [0.05, 0.1) is 29.8 Å². The smallest absolute Gasteiger partial charge is 0.341 e. The molecule has 20 heavy (non-hydrogen) atoms. The lowest BCUT2D eigenvalue weighted by molar-refractivity contribution is -0.387. The molecule has 1 aromatic carbocycles. The lowest BCUT2D eigenvalue weighted by Crippen LogP contribution is -2.26. The van der Waals surface area contributed by atoms with Crippen molar-refractivity contribution in [2.45, 2.75) is 18.9 Å². The molecule has 0 aromatic heterocycles. The number of carbonyl (C=O) groups excluding carboxylic acids is 1. The zero-order chi connectivity index (χ0) is 14.7. The monoisotopic (exact) mass is 287 g/mol. The molecule has 0 unspecified atom stereocenters. The molecule has 1 fully saturated rings. The van der Waals surface area contributed by atoms with Gasteiger partial charge in [0.1, 0.15) is 11.9 Å². The molecule has 0 spiro atoms. The SMILES string of the molecule is O=C(OC1CCOCC1)c1cc(F)c([N+](=O)[O-])cc1F. The summed E-state index contributed by atoms with van der Waals surface area (Å²) in [6.45, 7) is 0.851. The first-order valence-corrected chi connectivity index (χ1v) is 5.91. The summed E-state index contributed by atoms with van der Waals surface area (Å²) >= 11 is 0. The molecule has 0 N–H and O–H groups in total. The van der Waals surface area contributed by atoms with Crippen LogP contribution in [0.1, 0.15) is 23.2 Å².